The Balaban J connectivity index is 2.36. The molecule has 2 rings (SSSR count). The standard InChI is InChI=1S/C16H19NO2/c1-9-5-13(6-10(2)15(9)18)17-14-7-11(3)16(19)12(4)8-14/h5-8,17-19H,1-4H3. The van der Waals surface area contributed by atoms with Crippen LogP contribution in [0.5, 0.6) is 11.5 Å². The molecule has 0 bridgehead atoms. The van der Waals surface area contributed by atoms with Crippen molar-refractivity contribution < 1.29 is 10.2 Å². The molecular formula is C16H19NO2. The van der Waals surface area contributed by atoms with Gasteiger partial charge in [-0.25, -0.2) is 0 Å². The molecule has 0 atom stereocenters. The van der Waals surface area contributed by atoms with Crippen LogP contribution in [0.2, 0.25) is 0 Å². The van der Waals surface area contributed by atoms with Gasteiger partial charge in [0.25, 0.3) is 0 Å². The van der Waals surface area contributed by atoms with Gasteiger partial charge in [-0.2, -0.15) is 0 Å². The van der Waals surface area contributed by atoms with Crippen LogP contribution < -0.4 is 5.32 Å². The van der Waals surface area contributed by atoms with E-state index in [2.05, 4.69) is 5.32 Å². The van der Waals surface area contributed by atoms with Crippen molar-refractivity contribution in [3.63, 3.8) is 0 Å². The van der Waals surface area contributed by atoms with Crippen molar-refractivity contribution in [3.8, 4) is 11.5 Å². The zero-order valence-corrected chi connectivity index (χ0v) is 11.7. The second kappa shape index (κ2) is 4.84. The fourth-order valence-electron chi connectivity index (χ4n) is 2.22. The van der Waals surface area contributed by atoms with E-state index in [0.29, 0.717) is 11.5 Å². The van der Waals surface area contributed by atoms with Crippen LogP contribution in [0.1, 0.15) is 22.3 Å². The van der Waals surface area contributed by atoms with E-state index in [1.807, 2.05) is 52.0 Å². The highest BCUT2D eigenvalue weighted by atomic mass is 16.3. The Morgan fingerprint density at radius 1 is 0.632 bits per heavy atom. The van der Waals surface area contributed by atoms with Crippen molar-refractivity contribution in [1.29, 1.82) is 0 Å². The molecule has 3 heteroatoms. The predicted octanol–water partition coefficient (Wildman–Crippen LogP) is 4.08. The second-order valence-electron chi connectivity index (χ2n) is 5.04. The number of phenols is 2. The van der Waals surface area contributed by atoms with E-state index in [0.717, 1.165) is 33.6 Å². The van der Waals surface area contributed by atoms with Crippen LogP contribution in [-0.2, 0) is 0 Å². The summed E-state index contributed by atoms with van der Waals surface area (Å²) in [5.41, 5.74) is 5.23. The molecule has 0 heterocycles. The Morgan fingerprint density at radius 3 is 1.16 bits per heavy atom. The summed E-state index contributed by atoms with van der Waals surface area (Å²) in [4.78, 5) is 0. The highest BCUT2D eigenvalue weighted by Gasteiger charge is 2.06. The summed E-state index contributed by atoms with van der Waals surface area (Å²) in [6.07, 6.45) is 0. The molecule has 0 unspecified atom stereocenters. The first-order valence-corrected chi connectivity index (χ1v) is 6.26. The molecule has 0 saturated carbocycles. The summed E-state index contributed by atoms with van der Waals surface area (Å²) >= 11 is 0. The van der Waals surface area contributed by atoms with Crippen molar-refractivity contribution in [2.45, 2.75) is 27.7 Å². The number of rotatable bonds is 2. The third-order valence-electron chi connectivity index (χ3n) is 3.27. The molecule has 0 radical (unpaired) electrons. The Morgan fingerprint density at radius 2 is 0.895 bits per heavy atom. The third-order valence-corrected chi connectivity index (χ3v) is 3.27. The van der Waals surface area contributed by atoms with Crippen molar-refractivity contribution in [2.75, 3.05) is 5.32 Å². The van der Waals surface area contributed by atoms with Crippen LogP contribution in [0.15, 0.2) is 24.3 Å². The van der Waals surface area contributed by atoms with E-state index in [9.17, 15) is 10.2 Å². The van der Waals surface area contributed by atoms with Crippen LogP contribution in [-0.4, -0.2) is 10.2 Å². The first kappa shape index (κ1) is 13.3. The van der Waals surface area contributed by atoms with Crippen LogP contribution >= 0.6 is 0 Å². The van der Waals surface area contributed by atoms with Gasteiger partial charge in [0.15, 0.2) is 0 Å². The van der Waals surface area contributed by atoms with Crippen LogP contribution in [0.3, 0.4) is 0 Å². The zero-order chi connectivity index (χ0) is 14.2. The Labute approximate surface area is 113 Å². The van der Waals surface area contributed by atoms with Crippen LogP contribution in [0.25, 0.3) is 0 Å². The number of aryl methyl sites for hydroxylation is 4. The molecule has 0 saturated heterocycles. The van der Waals surface area contributed by atoms with Crippen molar-refractivity contribution in [3.05, 3.63) is 46.5 Å². The molecule has 0 aliphatic rings. The molecule has 0 aromatic heterocycles. The quantitative estimate of drug-likeness (QED) is 0.711. The molecule has 0 fully saturated rings. The lowest BCUT2D eigenvalue weighted by Crippen LogP contribution is -1.94. The average molecular weight is 257 g/mol. The normalized spacial score (nSPS) is 10.5. The monoisotopic (exact) mass is 257 g/mol. The number of phenolic OH excluding ortho intramolecular Hbond substituents is 2. The molecule has 2 aromatic rings. The molecule has 2 aromatic carbocycles. The maximum atomic E-state index is 9.76. The summed E-state index contributed by atoms with van der Waals surface area (Å²) in [7, 11) is 0. The van der Waals surface area contributed by atoms with E-state index in [1.54, 1.807) is 0 Å². The minimum Gasteiger partial charge on any atom is -0.507 e. The van der Waals surface area contributed by atoms with E-state index >= 15 is 0 Å². The van der Waals surface area contributed by atoms with Gasteiger partial charge in [-0.05, 0) is 74.2 Å². The molecule has 3 N–H and O–H groups in total. The summed E-state index contributed by atoms with van der Waals surface area (Å²) in [5.74, 6) is 0.673. The lowest BCUT2D eigenvalue weighted by atomic mass is 10.1. The molecule has 3 nitrogen and oxygen atoms in total. The largest absolute Gasteiger partial charge is 0.507 e. The smallest absolute Gasteiger partial charge is 0.121 e. The lowest BCUT2D eigenvalue weighted by molar-refractivity contribution is 0.467. The summed E-state index contributed by atoms with van der Waals surface area (Å²) in [5, 5.41) is 22.8. The number of anilines is 2. The Bertz CT molecular complexity index is 531. The molecular weight excluding hydrogens is 238 g/mol. The maximum absolute atomic E-state index is 9.76. The topological polar surface area (TPSA) is 52.5 Å². The Kier molecular flexibility index (Phi) is 3.38. The number of nitrogens with one attached hydrogen (secondary N) is 1. The third kappa shape index (κ3) is 2.65. The van der Waals surface area contributed by atoms with Crippen molar-refractivity contribution in [2.24, 2.45) is 0 Å². The number of hydrogen-bond donors (Lipinski definition) is 3. The highest BCUT2D eigenvalue weighted by molar-refractivity contribution is 5.66. The molecule has 0 aliphatic carbocycles. The van der Waals surface area contributed by atoms with Gasteiger partial charge < -0.3 is 15.5 Å². The van der Waals surface area contributed by atoms with Gasteiger partial charge in [-0.3, -0.25) is 0 Å². The van der Waals surface area contributed by atoms with E-state index in [1.165, 1.54) is 0 Å². The number of benzene rings is 2. The van der Waals surface area contributed by atoms with Crippen molar-refractivity contribution in [1.82, 2.24) is 0 Å². The van der Waals surface area contributed by atoms with Crippen LogP contribution in [0.4, 0.5) is 11.4 Å². The fourth-order valence-corrected chi connectivity index (χ4v) is 2.22. The lowest BCUT2D eigenvalue weighted by Gasteiger charge is -2.13. The average Bonchev–Trinajstić information content (AvgIpc) is 2.33. The van der Waals surface area contributed by atoms with Gasteiger partial charge in [-0.15, -0.1) is 0 Å². The van der Waals surface area contributed by atoms with Crippen LogP contribution in [0, 0.1) is 27.7 Å². The van der Waals surface area contributed by atoms with E-state index < -0.39 is 0 Å². The van der Waals surface area contributed by atoms with Gasteiger partial charge >= 0.3 is 0 Å². The Hall–Kier alpha value is -2.16. The van der Waals surface area contributed by atoms with Gasteiger partial charge in [0.2, 0.25) is 0 Å². The molecule has 19 heavy (non-hydrogen) atoms. The van der Waals surface area contributed by atoms with Gasteiger partial charge in [-0.1, -0.05) is 0 Å². The van der Waals surface area contributed by atoms with E-state index in [4.69, 9.17) is 0 Å². The van der Waals surface area contributed by atoms with E-state index in [-0.39, 0.29) is 0 Å². The maximum Gasteiger partial charge on any atom is 0.121 e. The first-order chi connectivity index (χ1) is 8.88. The fraction of sp³-hybridized carbons (Fsp3) is 0.250. The molecule has 100 valence electrons. The summed E-state index contributed by atoms with van der Waals surface area (Å²) in [6, 6.07) is 7.61. The first-order valence-electron chi connectivity index (χ1n) is 6.26. The minimum atomic E-state index is 0.337. The van der Waals surface area contributed by atoms with Gasteiger partial charge in [0.05, 0.1) is 0 Å². The van der Waals surface area contributed by atoms with Crippen molar-refractivity contribution >= 4 is 11.4 Å². The highest BCUT2D eigenvalue weighted by Crippen LogP contribution is 2.30. The van der Waals surface area contributed by atoms with Gasteiger partial charge in [0.1, 0.15) is 11.5 Å². The minimum absolute atomic E-state index is 0.337. The molecule has 0 amide bonds. The number of aromatic hydroxyl groups is 2. The zero-order valence-electron chi connectivity index (χ0n) is 11.7. The number of hydrogen-bond acceptors (Lipinski definition) is 3. The SMILES string of the molecule is Cc1cc(Nc2cc(C)c(O)c(C)c2)cc(C)c1O. The summed E-state index contributed by atoms with van der Waals surface area (Å²) in [6.45, 7) is 7.50. The van der Waals surface area contributed by atoms with Gasteiger partial charge in [0, 0.05) is 11.4 Å². The second-order valence-corrected chi connectivity index (χ2v) is 5.04. The summed E-state index contributed by atoms with van der Waals surface area (Å²) < 4.78 is 0. The predicted molar refractivity (Wildman–Crippen MR) is 78.4 cm³/mol. The molecule has 0 aliphatic heterocycles. The molecule has 0 spiro atoms.